The molecule has 0 spiro atoms. The first-order valence-electron chi connectivity index (χ1n) is 7.84. The first kappa shape index (κ1) is 17.5. The lowest BCUT2D eigenvalue weighted by molar-refractivity contribution is 0.0303. The summed E-state index contributed by atoms with van der Waals surface area (Å²) >= 11 is 6.23. The molecule has 2 aromatic rings. The molecule has 8 heteroatoms. The summed E-state index contributed by atoms with van der Waals surface area (Å²) in [7, 11) is 0. The van der Waals surface area contributed by atoms with Gasteiger partial charge in [0.1, 0.15) is 12.0 Å². The monoisotopic (exact) mass is 363 g/mol. The Labute approximate surface area is 149 Å². The first-order valence-corrected chi connectivity index (χ1v) is 8.21. The van der Waals surface area contributed by atoms with Gasteiger partial charge in [0, 0.05) is 18.8 Å². The highest BCUT2D eigenvalue weighted by Gasteiger charge is 2.21. The summed E-state index contributed by atoms with van der Waals surface area (Å²) < 4.78 is 10.4. The van der Waals surface area contributed by atoms with Crippen LogP contribution in [0.5, 0.6) is 0 Å². The zero-order valence-electron chi connectivity index (χ0n) is 13.5. The Morgan fingerprint density at radius 1 is 1.24 bits per heavy atom. The molecule has 1 aliphatic rings. The topological polar surface area (TPSA) is 97.8 Å². The van der Waals surface area contributed by atoms with Crippen LogP contribution in [-0.4, -0.2) is 43.0 Å². The molecule has 1 aliphatic heterocycles. The molecule has 1 saturated heterocycles. The van der Waals surface area contributed by atoms with Crippen molar-refractivity contribution in [2.45, 2.75) is 6.54 Å². The van der Waals surface area contributed by atoms with Gasteiger partial charge in [-0.25, -0.2) is 0 Å². The van der Waals surface area contributed by atoms with E-state index in [0.717, 1.165) is 0 Å². The van der Waals surface area contributed by atoms with Crippen molar-refractivity contribution < 1.29 is 18.7 Å². The summed E-state index contributed by atoms with van der Waals surface area (Å²) in [5.74, 6) is 0.0370. The van der Waals surface area contributed by atoms with Gasteiger partial charge in [0.05, 0.1) is 35.9 Å². The van der Waals surface area contributed by atoms with E-state index in [1.165, 1.54) is 6.26 Å². The van der Waals surface area contributed by atoms with Crippen molar-refractivity contribution in [2.75, 3.05) is 31.6 Å². The number of nitrogens with two attached hydrogens (primary N) is 1. The number of hydrogen-bond donors (Lipinski definition) is 2. The van der Waals surface area contributed by atoms with Crippen LogP contribution in [0.15, 0.2) is 34.9 Å². The molecule has 0 radical (unpaired) electrons. The maximum Gasteiger partial charge on any atom is 0.258 e. The lowest BCUT2D eigenvalue weighted by Crippen LogP contribution is -2.40. The van der Waals surface area contributed by atoms with Crippen molar-refractivity contribution in [1.82, 2.24) is 4.90 Å². The maximum atomic E-state index is 12.5. The molecule has 7 nitrogen and oxygen atoms in total. The summed E-state index contributed by atoms with van der Waals surface area (Å²) in [6, 6.07) is 6.38. The molecular formula is C17H18ClN3O4. The van der Waals surface area contributed by atoms with Gasteiger partial charge in [0.2, 0.25) is 0 Å². The summed E-state index contributed by atoms with van der Waals surface area (Å²) in [4.78, 5) is 26.4. The number of furan rings is 1. The quantitative estimate of drug-likeness (QED) is 0.867. The number of anilines is 1. The van der Waals surface area contributed by atoms with Gasteiger partial charge in [-0.15, -0.1) is 0 Å². The molecule has 0 aliphatic carbocycles. The number of carbonyl (C=O) groups excluding carboxylic acids is 2. The van der Waals surface area contributed by atoms with Gasteiger partial charge in [-0.3, -0.25) is 9.59 Å². The van der Waals surface area contributed by atoms with E-state index < -0.39 is 0 Å². The van der Waals surface area contributed by atoms with Gasteiger partial charge >= 0.3 is 0 Å². The van der Waals surface area contributed by atoms with Crippen molar-refractivity contribution in [2.24, 2.45) is 5.73 Å². The van der Waals surface area contributed by atoms with Crippen LogP contribution >= 0.6 is 11.6 Å². The van der Waals surface area contributed by atoms with E-state index in [2.05, 4.69) is 5.32 Å². The van der Waals surface area contributed by atoms with E-state index in [-0.39, 0.29) is 23.4 Å². The molecule has 25 heavy (non-hydrogen) atoms. The van der Waals surface area contributed by atoms with Crippen LogP contribution in [0, 0.1) is 0 Å². The van der Waals surface area contributed by atoms with E-state index in [0.29, 0.717) is 48.9 Å². The number of carbonyl (C=O) groups is 2. The predicted molar refractivity (Wildman–Crippen MR) is 92.7 cm³/mol. The number of amides is 2. The molecule has 0 unspecified atom stereocenters. The van der Waals surface area contributed by atoms with E-state index in [4.69, 9.17) is 26.5 Å². The van der Waals surface area contributed by atoms with Crippen LogP contribution in [0.1, 0.15) is 26.5 Å². The fraction of sp³-hybridized carbons (Fsp3) is 0.294. The van der Waals surface area contributed by atoms with Gasteiger partial charge in [-0.05, 0) is 24.3 Å². The molecule has 1 fully saturated rings. The number of nitrogens with one attached hydrogen (secondary N) is 1. The number of morpholine rings is 1. The number of benzene rings is 1. The minimum absolute atomic E-state index is 0.145. The molecule has 0 bridgehead atoms. The lowest BCUT2D eigenvalue weighted by atomic mass is 10.1. The van der Waals surface area contributed by atoms with Crippen molar-refractivity contribution in [3.63, 3.8) is 0 Å². The Bertz CT molecular complexity index is 784. The van der Waals surface area contributed by atoms with E-state index in [9.17, 15) is 9.59 Å². The summed E-state index contributed by atoms with van der Waals surface area (Å²) in [5.41, 5.74) is 6.71. The molecule has 3 rings (SSSR count). The minimum atomic E-state index is -0.341. The Kier molecular flexibility index (Phi) is 5.37. The molecule has 2 amide bonds. The van der Waals surface area contributed by atoms with E-state index in [1.54, 1.807) is 29.2 Å². The summed E-state index contributed by atoms with van der Waals surface area (Å²) in [6.07, 6.45) is 1.34. The second kappa shape index (κ2) is 7.69. The Morgan fingerprint density at radius 2 is 2.00 bits per heavy atom. The highest BCUT2D eigenvalue weighted by atomic mass is 35.5. The summed E-state index contributed by atoms with van der Waals surface area (Å²) in [5, 5.41) is 2.99. The first-order chi connectivity index (χ1) is 12.1. The van der Waals surface area contributed by atoms with Crippen LogP contribution in [0.2, 0.25) is 5.02 Å². The fourth-order valence-corrected chi connectivity index (χ4v) is 2.77. The Morgan fingerprint density at radius 3 is 2.64 bits per heavy atom. The van der Waals surface area contributed by atoms with E-state index in [1.807, 2.05) is 0 Å². The average Bonchev–Trinajstić information content (AvgIpc) is 3.11. The van der Waals surface area contributed by atoms with Crippen molar-refractivity contribution in [3.8, 4) is 0 Å². The second-order valence-electron chi connectivity index (χ2n) is 5.56. The number of halogens is 1. The Balaban J connectivity index is 1.70. The highest BCUT2D eigenvalue weighted by molar-refractivity contribution is 6.34. The molecule has 0 saturated carbocycles. The average molecular weight is 364 g/mol. The number of nitrogens with zero attached hydrogens (tertiary/aromatic N) is 1. The van der Waals surface area contributed by atoms with Gasteiger partial charge in [-0.2, -0.15) is 0 Å². The third-order valence-electron chi connectivity index (χ3n) is 3.87. The van der Waals surface area contributed by atoms with Crippen molar-refractivity contribution in [1.29, 1.82) is 0 Å². The lowest BCUT2D eigenvalue weighted by Gasteiger charge is -2.27. The standard InChI is InChI=1S/C17H18ClN3O4/c18-15-8-12(20-16(22)11-7-13(9-19)25-10-11)1-2-14(15)17(23)21-3-5-24-6-4-21/h1-2,7-8,10H,3-6,9,19H2,(H,20,22). The predicted octanol–water partition coefficient (Wildman–Crippen LogP) is 2.12. The normalized spacial score (nSPS) is 14.4. The molecule has 132 valence electrons. The maximum absolute atomic E-state index is 12.5. The fourth-order valence-electron chi connectivity index (χ4n) is 2.51. The van der Waals surface area contributed by atoms with Gasteiger partial charge in [0.15, 0.2) is 0 Å². The van der Waals surface area contributed by atoms with Gasteiger partial charge in [-0.1, -0.05) is 11.6 Å². The molecule has 3 N–H and O–H groups in total. The molecular weight excluding hydrogens is 346 g/mol. The SMILES string of the molecule is NCc1cc(C(=O)Nc2ccc(C(=O)N3CCOCC3)c(Cl)c2)co1. The van der Waals surface area contributed by atoms with Crippen LogP contribution in [-0.2, 0) is 11.3 Å². The van der Waals surface area contributed by atoms with Crippen LogP contribution in [0.4, 0.5) is 5.69 Å². The second-order valence-corrected chi connectivity index (χ2v) is 5.97. The van der Waals surface area contributed by atoms with Crippen molar-refractivity contribution >= 4 is 29.1 Å². The Hall–Kier alpha value is -2.35. The van der Waals surface area contributed by atoms with Crippen molar-refractivity contribution in [3.05, 3.63) is 52.4 Å². The smallest absolute Gasteiger partial charge is 0.258 e. The van der Waals surface area contributed by atoms with E-state index >= 15 is 0 Å². The molecule has 1 aromatic carbocycles. The number of hydrogen-bond acceptors (Lipinski definition) is 5. The number of rotatable bonds is 4. The third kappa shape index (κ3) is 4.01. The zero-order valence-corrected chi connectivity index (χ0v) is 14.2. The summed E-state index contributed by atoms with van der Waals surface area (Å²) in [6.45, 7) is 2.34. The number of ether oxygens (including phenoxy) is 1. The zero-order chi connectivity index (χ0) is 17.8. The van der Waals surface area contributed by atoms with Crippen LogP contribution in [0.3, 0.4) is 0 Å². The largest absolute Gasteiger partial charge is 0.467 e. The minimum Gasteiger partial charge on any atom is -0.467 e. The van der Waals surface area contributed by atoms with Gasteiger partial charge in [0.25, 0.3) is 11.8 Å². The van der Waals surface area contributed by atoms with Gasteiger partial charge < -0.3 is 25.1 Å². The van der Waals surface area contributed by atoms with Crippen LogP contribution in [0.25, 0.3) is 0 Å². The van der Waals surface area contributed by atoms with Crippen LogP contribution < -0.4 is 11.1 Å². The molecule has 1 aromatic heterocycles. The highest BCUT2D eigenvalue weighted by Crippen LogP contribution is 2.23. The molecule has 0 atom stereocenters. The molecule has 2 heterocycles. The third-order valence-corrected chi connectivity index (χ3v) is 4.19.